The smallest absolute Gasteiger partial charge is 0.335 e. The fraction of sp³-hybridized carbons (Fsp3) is 0.368. The molecule has 0 aliphatic carbocycles. The van der Waals surface area contributed by atoms with Crippen molar-refractivity contribution in [3.63, 3.8) is 0 Å². The van der Waals surface area contributed by atoms with Crippen LogP contribution in [0.2, 0.25) is 0 Å². The summed E-state index contributed by atoms with van der Waals surface area (Å²) in [5, 5.41) is 20.8. The molecule has 1 fully saturated rings. The number of carbonyl (C=O) groups is 2. The van der Waals surface area contributed by atoms with Crippen LogP contribution < -0.4 is 0 Å². The number of aliphatic hydroxyl groups is 1. The molecule has 0 saturated carbocycles. The standard InChI is InChI=1S/C19H21NO4/c1-19(2,24)16-7-8-20(11-16)17(21)14-5-3-13-10-15(18(22)23)6-4-12(13)9-14/h3-6,9-10,16,24H,7-8,11H2,1-2H3,(H,22,23). The Bertz CT molecular complexity index is 807. The Hall–Kier alpha value is -2.40. The fourth-order valence-electron chi connectivity index (χ4n) is 3.22. The van der Waals surface area contributed by atoms with Crippen molar-refractivity contribution in [3.05, 3.63) is 47.5 Å². The van der Waals surface area contributed by atoms with Crippen LogP contribution in [0.1, 0.15) is 41.0 Å². The third-order valence-electron chi connectivity index (χ3n) is 4.81. The monoisotopic (exact) mass is 327 g/mol. The molecule has 3 rings (SSSR count). The summed E-state index contributed by atoms with van der Waals surface area (Å²) in [5.41, 5.74) is 0.0298. The van der Waals surface area contributed by atoms with E-state index in [-0.39, 0.29) is 17.4 Å². The molecule has 1 aliphatic rings. The zero-order chi connectivity index (χ0) is 17.5. The van der Waals surface area contributed by atoms with Gasteiger partial charge in [0.25, 0.3) is 5.91 Å². The largest absolute Gasteiger partial charge is 0.478 e. The van der Waals surface area contributed by atoms with Crippen molar-refractivity contribution in [2.45, 2.75) is 25.9 Å². The van der Waals surface area contributed by atoms with Crippen LogP contribution in [-0.2, 0) is 0 Å². The van der Waals surface area contributed by atoms with E-state index in [0.717, 1.165) is 17.2 Å². The molecule has 2 aromatic rings. The van der Waals surface area contributed by atoms with Gasteiger partial charge in [0.2, 0.25) is 0 Å². The lowest BCUT2D eigenvalue weighted by molar-refractivity contribution is 0.0211. The van der Waals surface area contributed by atoms with Crippen molar-refractivity contribution in [1.82, 2.24) is 4.90 Å². The molecule has 2 N–H and O–H groups in total. The summed E-state index contributed by atoms with van der Waals surface area (Å²) < 4.78 is 0. The van der Waals surface area contributed by atoms with Crippen LogP contribution in [0.25, 0.3) is 10.8 Å². The first-order valence-electron chi connectivity index (χ1n) is 8.04. The molecule has 0 bridgehead atoms. The van der Waals surface area contributed by atoms with Gasteiger partial charge in [-0.15, -0.1) is 0 Å². The SMILES string of the molecule is CC(C)(O)C1CCN(C(=O)c2ccc3cc(C(=O)O)ccc3c2)C1. The molecule has 1 unspecified atom stereocenters. The first-order chi connectivity index (χ1) is 11.3. The number of carboxylic acid groups (broad SMARTS) is 1. The number of hydrogen-bond donors (Lipinski definition) is 2. The van der Waals surface area contributed by atoms with E-state index < -0.39 is 11.6 Å². The van der Waals surface area contributed by atoms with Crippen molar-refractivity contribution in [2.75, 3.05) is 13.1 Å². The van der Waals surface area contributed by atoms with E-state index in [2.05, 4.69) is 0 Å². The Morgan fingerprint density at radius 3 is 2.21 bits per heavy atom. The Morgan fingerprint density at radius 1 is 1.08 bits per heavy atom. The van der Waals surface area contributed by atoms with E-state index in [1.165, 1.54) is 0 Å². The van der Waals surface area contributed by atoms with Crippen molar-refractivity contribution in [2.24, 2.45) is 5.92 Å². The number of amides is 1. The molecule has 1 aliphatic heterocycles. The normalized spacial score (nSPS) is 18.1. The zero-order valence-corrected chi connectivity index (χ0v) is 13.8. The summed E-state index contributed by atoms with van der Waals surface area (Å²) in [7, 11) is 0. The molecule has 1 amide bonds. The highest BCUT2D eigenvalue weighted by atomic mass is 16.4. The molecule has 0 spiro atoms. The fourth-order valence-corrected chi connectivity index (χ4v) is 3.22. The number of aromatic carboxylic acids is 1. The lowest BCUT2D eigenvalue weighted by Crippen LogP contribution is -2.35. The molecular formula is C19H21NO4. The van der Waals surface area contributed by atoms with Crippen molar-refractivity contribution >= 4 is 22.6 Å². The van der Waals surface area contributed by atoms with Gasteiger partial charge in [0.15, 0.2) is 0 Å². The van der Waals surface area contributed by atoms with Crippen LogP contribution in [0, 0.1) is 5.92 Å². The zero-order valence-electron chi connectivity index (χ0n) is 13.8. The van der Waals surface area contributed by atoms with E-state index in [9.17, 15) is 14.7 Å². The predicted molar refractivity (Wildman–Crippen MR) is 91.2 cm³/mol. The predicted octanol–water partition coefficient (Wildman–Crippen LogP) is 2.77. The summed E-state index contributed by atoms with van der Waals surface area (Å²) in [6, 6.07) is 10.2. The highest BCUT2D eigenvalue weighted by Gasteiger charge is 2.35. The Morgan fingerprint density at radius 2 is 1.67 bits per heavy atom. The second-order valence-electron chi connectivity index (χ2n) is 6.97. The van der Waals surface area contributed by atoms with Crippen LogP contribution in [0.5, 0.6) is 0 Å². The molecule has 0 aromatic heterocycles. The minimum absolute atomic E-state index is 0.0500. The van der Waals surface area contributed by atoms with E-state index >= 15 is 0 Å². The molecule has 24 heavy (non-hydrogen) atoms. The Balaban J connectivity index is 1.83. The first-order valence-corrected chi connectivity index (χ1v) is 8.04. The van der Waals surface area contributed by atoms with Crippen LogP contribution in [0.4, 0.5) is 0 Å². The molecule has 1 heterocycles. The van der Waals surface area contributed by atoms with Crippen LogP contribution >= 0.6 is 0 Å². The number of carboxylic acids is 1. The van der Waals surface area contributed by atoms with Gasteiger partial charge in [-0.1, -0.05) is 12.1 Å². The van der Waals surface area contributed by atoms with E-state index in [4.69, 9.17) is 5.11 Å². The lowest BCUT2D eigenvalue weighted by atomic mass is 9.90. The summed E-state index contributed by atoms with van der Waals surface area (Å²) in [6.45, 7) is 4.76. The molecule has 1 saturated heterocycles. The maximum atomic E-state index is 12.7. The second-order valence-corrected chi connectivity index (χ2v) is 6.97. The van der Waals surface area contributed by atoms with Crippen molar-refractivity contribution < 1.29 is 19.8 Å². The summed E-state index contributed by atoms with van der Waals surface area (Å²) in [5.74, 6) is -0.933. The van der Waals surface area contributed by atoms with E-state index in [0.29, 0.717) is 18.7 Å². The maximum Gasteiger partial charge on any atom is 0.335 e. The number of carbonyl (C=O) groups excluding carboxylic acids is 1. The van der Waals surface area contributed by atoms with Gasteiger partial charge in [0, 0.05) is 24.6 Å². The Labute approximate surface area is 140 Å². The molecular weight excluding hydrogens is 306 g/mol. The van der Waals surface area contributed by atoms with Crippen LogP contribution in [0.15, 0.2) is 36.4 Å². The molecule has 5 heteroatoms. The molecule has 2 aromatic carbocycles. The first kappa shape index (κ1) is 16.5. The highest BCUT2D eigenvalue weighted by molar-refractivity contribution is 6.00. The van der Waals surface area contributed by atoms with Gasteiger partial charge in [-0.2, -0.15) is 0 Å². The van der Waals surface area contributed by atoms with E-state index in [1.54, 1.807) is 55.1 Å². The Kier molecular flexibility index (Phi) is 4.05. The molecule has 5 nitrogen and oxygen atoms in total. The molecule has 126 valence electrons. The van der Waals surface area contributed by atoms with Gasteiger partial charge in [-0.3, -0.25) is 4.79 Å². The number of benzene rings is 2. The van der Waals surface area contributed by atoms with Gasteiger partial charge in [-0.25, -0.2) is 4.79 Å². The number of nitrogens with zero attached hydrogens (tertiary/aromatic N) is 1. The van der Waals surface area contributed by atoms with Gasteiger partial charge >= 0.3 is 5.97 Å². The van der Waals surface area contributed by atoms with Crippen molar-refractivity contribution in [3.8, 4) is 0 Å². The third-order valence-corrected chi connectivity index (χ3v) is 4.81. The van der Waals surface area contributed by atoms with Gasteiger partial charge in [0.1, 0.15) is 0 Å². The molecule has 0 radical (unpaired) electrons. The highest BCUT2D eigenvalue weighted by Crippen LogP contribution is 2.28. The number of fused-ring (bicyclic) bond motifs is 1. The quantitative estimate of drug-likeness (QED) is 0.909. The van der Waals surface area contributed by atoms with Crippen LogP contribution in [-0.4, -0.2) is 45.7 Å². The second kappa shape index (κ2) is 5.91. The van der Waals surface area contributed by atoms with Gasteiger partial charge in [0.05, 0.1) is 11.2 Å². The van der Waals surface area contributed by atoms with Crippen LogP contribution in [0.3, 0.4) is 0 Å². The number of rotatable bonds is 3. The molecule has 1 atom stereocenters. The summed E-state index contributed by atoms with van der Waals surface area (Å²) in [6.07, 6.45) is 0.796. The topological polar surface area (TPSA) is 77.8 Å². The summed E-state index contributed by atoms with van der Waals surface area (Å²) >= 11 is 0. The summed E-state index contributed by atoms with van der Waals surface area (Å²) in [4.78, 5) is 25.5. The van der Waals surface area contributed by atoms with Crippen molar-refractivity contribution in [1.29, 1.82) is 0 Å². The van der Waals surface area contributed by atoms with E-state index in [1.807, 2.05) is 0 Å². The number of hydrogen-bond acceptors (Lipinski definition) is 3. The van der Waals surface area contributed by atoms with Gasteiger partial charge < -0.3 is 15.1 Å². The lowest BCUT2D eigenvalue weighted by Gasteiger charge is -2.25. The minimum atomic E-state index is -0.966. The average Bonchev–Trinajstić information content (AvgIpc) is 3.03. The average molecular weight is 327 g/mol. The number of likely N-dealkylation sites (tertiary alicyclic amines) is 1. The minimum Gasteiger partial charge on any atom is -0.478 e. The third kappa shape index (κ3) is 3.12. The van der Waals surface area contributed by atoms with Gasteiger partial charge in [-0.05, 0) is 55.3 Å². The maximum absolute atomic E-state index is 12.7.